The molecule has 1 atom stereocenters. The Morgan fingerprint density at radius 3 is 2.73 bits per heavy atom. The second kappa shape index (κ2) is 9.56. The fraction of sp³-hybridized carbons (Fsp3) is 0.414. The molecule has 1 N–H and O–H groups in total. The summed E-state index contributed by atoms with van der Waals surface area (Å²) in [6.45, 7) is 5.65. The number of pyridine rings is 3. The predicted octanol–water partition coefficient (Wildman–Crippen LogP) is 3.89. The maximum atomic E-state index is 12.7. The van der Waals surface area contributed by atoms with Crippen molar-refractivity contribution in [3.8, 4) is 17.2 Å². The zero-order chi connectivity index (χ0) is 25.5. The quantitative estimate of drug-likeness (QED) is 0.531. The summed E-state index contributed by atoms with van der Waals surface area (Å²) in [5.74, 6) is 1.58. The van der Waals surface area contributed by atoms with E-state index in [0.29, 0.717) is 37.0 Å². The first-order valence-electron chi connectivity index (χ1n) is 13.1. The maximum Gasteiger partial charge on any atom is 0.225 e. The molecule has 1 unspecified atom stereocenters. The van der Waals surface area contributed by atoms with Crippen LogP contribution in [-0.2, 0) is 4.79 Å². The van der Waals surface area contributed by atoms with Crippen LogP contribution in [0.25, 0.3) is 28.1 Å². The van der Waals surface area contributed by atoms with Crippen molar-refractivity contribution in [2.75, 3.05) is 31.1 Å². The molecule has 3 aromatic heterocycles. The van der Waals surface area contributed by atoms with E-state index < -0.39 is 0 Å². The van der Waals surface area contributed by atoms with Crippen LogP contribution in [0.4, 0.5) is 5.82 Å². The van der Waals surface area contributed by atoms with E-state index >= 15 is 0 Å². The maximum absolute atomic E-state index is 12.7. The second-order valence-corrected chi connectivity index (χ2v) is 10.3. The molecule has 0 radical (unpaired) electrons. The standard InChI is InChI=1S/C29H30N6O2/c1-2-21-14-23(22-7-9-31-16-25(22)32-21)24-13-20(15-30)29(33-28(24)19-5-6-19)34-10-11-35(27(37)8-12-36)26(17-34)18-3-4-18/h2,7,9,13-14,16,18-19,26,36H,1,3-6,8,10-12,17H2. The van der Waals surface area contributed by atoms with E-state index in [4.69, 9.17) is 4.98 Å². The molecule has 2 saturated carbocycles. The van der Waals surface area contributed by atoms with Crippen LogP contribution in [0.5, 0.6) is 0 Å². The van der Waals surface area contributed by atoms with E-state index in [9.17, 15) is 15.2 Å². The van der Waals surface area contributed by atoms with Gasteiger partial charge in [0.15, 0.2) is 0 Å². The summed E-state index contributed by atoms with van der Waals surface area (Å²) in [4.78, 5) is 30.9. The highest BCUT2D eigenvalue weighted by Crippen LogP contribution is 2.46. The molecular weight excluding hydrogens is 464 g/mol. The Bertz CT molecular complexity index is 1420. The Labute approximate surface area is 216 Å². The third-order valence-electron chi connectivity index (χ3n) is 7.78. The van der Waals surface area contributed by atoms with Crippen LogP contribution in [0.3, 0.4) is 0 Å². The number of carbonyl (C=O) groups is 1. The molecule has 1 saturated heterocycles. The SMILES string of the molecule is C=Cc1cc(-c2cc(C#N)c(N3CCN(C(=O)CCO)C(C4CC4)C3)nc2C2CC2)c2ccncc2n1. The first kappa shape index (κ1) is 23.6. The van der Waals surface area contributed by atoms with Gasteiger partial charge in [-0.15, -0.1) is 0 Å². The summed E-state index contributed by atoms with van der Waals surface area (Å²) in [6.07, 6.45) is 9.80. The number of amides is 1. The van der Waals surface area contributed by atoms with Gasteiger partial charge in [-0.3, -0.25) is 9.78 Å². The molecule has 37 heavy (non-hydrogen) atoms. The van der Waals surface area contributed by atoms with Crippen LogP contribution in [-0.4, -0.2) is 63.1 Å². The summed E-state index contributed by atoms with van der Waals surface area (Å²) in [5.41, 5.74) is 5.08. The average Bonchev–Trinajstić information content (AvgIpc) is 3.85. The highest BCUT2D eigenvalue weighted by molar-refractivity contribution is 5.96. The zero-order valence-electron chi connectivity index (χ0n) is 20.8. The molecule has 6 rings (SSSR count). The van der Waals surface area contributed by atoms with Gasteiger partial charge in [-0.2, -0.15) is 5.26 Å². The molecular formula is C29H30N6O2. The van der Waals surface area contributed by atoms with Crippen molar-refractivity contribution >= 4 is 28.7 Å². The number of hydrogen-bond donors (Lipinski definition) is 1. The Hall–Kier alpha value is -3.83. The number of fused-ring (bicyclic) bond motifs is 1. The van der Waals surface area contributed by atoms with Crippen molar-refractivity contribution < 1.29 is 9.90 Å². The highest BCUT2D eigenvalue weighted by atomic mass is 16.3. The summed E-state index contributed by atoms with van der Waals surface area (Å²) in [5, 5.41) is 20.5. The van der Waals surface area contributed by atoms with Crippen LogP contribution in [0.2, 0.25) is 0 Å². The van der Waals surface area contributed by atoms with Gasteiger partial charge in [0.1, 0.15) is 11.9 Å². The van der Waals surface area contributed by atoms with Gasteiger partial charge in [-0.25, -0.2) is 9.97 Å². The van der Waals surface area contributed by atoms with Crippen molar-refractivity contribution in [3.63, 3.8) is 0 Å². The number of aromatic nitrogens is 3. The molecule has 8 heteroatoms. The van der Waals surface area contributed by atoms with Gasteiger partial charge < -0.3 is 14.9 Å². The Kier molecular flexibility index (Phi) is 6.09. The molecule has 188 valence electrons. The molecule has 3 fully saturated rings. The third-order valence-corrected chi connectivity index (χ3v) is 7.78. The molecule has 8 nitrogen and oxygen atoms in total. The van der Waals surface area contributed by atoms with Gasteiger partial charge in [0.25, 0.3) is 0 Å². The number of aliphatic hydroxyl groups is 1. The van der Waals surface area contributed by atoms with E-state index in [1.54, 1.807) is 18.5 Å². The van der Waals surface area contributed by atoms with E-state index in [2.05, 4.69) is 27.5 Å². The lowest BCUT2D eigenvalue weighted by Gasteiger charge is -2.42. The molecule has 3 aliphatic rings. The molecule has 0 spiro atoms. The Morgan fingerprint density at radius 2 is 2.03 bits per heavy atom. The molecule has 4 heterocycles. The molecule has 2 aliphatic carbocycles. The molecule has 3 aromatic rings. The van der Waals surface area contributed by atoms with Crippen molar-refractivity contribution in [2.45, 2.75) is 44.1 Å². The monoisotopic (exact) mass is 494 g/mol. The number of hydrogen-bond acceptors (Lipinski definition) is 7. The number of nitrogens with zero attached hydrogens (tertiary/aromatic N) is 6. The summed E-state index contributed by atoms with van der Waals surface area (Å²) in [7, 11) is 0. The first-order chi connectivity index (χ1) is 18.1. The van der Waals surface area contributed by atoms with E-state index in [0.717, 1.165) is 64.9 Å². The lowest BCUT2D eigenvalue weighted by molar-refractivity contribution is -0.135. The molecule has 1 aliphatic heterocycles. The molecule has 1 amide bonds. The van der Waals surface area contributed by atoms with Gasteiger partial charge in [0.2, 0.25) is 5.91 Å². The van der Waals surface area contributed by atoms with Crippen LogP contribution in [0, 0.1) is 17.2 Å². The summed E-state index contributed by atoms with van der Waals surface area (Å²) >= 11 is 0. The first-order valence-corrected chi connectivity index (χ1v) is 13.1. The number of piperazine rings is 1. The minimum atomic E-state index is -0.129. The normalized spacial score (nSPS) is 19.6. The van der Waals surface area contributed by atoms with Crippen molar-refractivity contribution in [1.82, 2.24) is 19.9 Å². The lowest BCUT2D eigenvalue weighted by Crippen LogP contribution is -2.56. The number of anilines is 1. The van der Waals surface area contributed by atoms with Gasteiger partial charge in [0.05, 0.1) is 41.3 Å². The summed E-state index contributed by atoms with van der Waals surface area (Å²) in [6, 6.07) is 8.49. The number of nitriles is 1. The van der Waals surface area contributed by atoms with Gasteiger partial charge in [-0.05, 0) is 61.4 Å². The number of carbonyl (C=O) groups excluding carboxylic acids is 1. The predicted molar refractivity (Wildman–Crippen MR) is 142 cm³/mol. The summed E-state index contributed by atoms with van der Waals surface area (Å²) < 4.78 is 0. The number of aliphatic hydroxyl groups excluding tert-OH is 1. The van der Waals surface area contributed by atoms with E-state index in [1.807, 2.05) is 23.1 Å². The van der Waals surface area contributed by atoms with Crippen molar-refractivity contribution in [3.05, 3.63) is 54.1 Å². The third kappa shape index (κ3) is 4.44. The van der Waals surface area contributed by atoms with Crippen LogP contribution >= 0.6 is 0 Å². The number of rotatable bonds is 7. The van der Waals surface area contributed by atoms with Crippen LogP contribution in [0.1, 0.15) is 55.0 Å². The van der Waals surface area contributed by atoms with Crippen LogP contribution < -0.4 is 4.90 Å². The highest BCUT2D eigenvalue weighted by Gasteiger charge is 2.41. The van der Waals surface area contributed by atoms with Crippen molar-refractivity contribution in [1.29, 1.82) is 5.26 Å². The van der Waals surface area contributed by atoms with Crippen LogP contribution in [0.15, 0.2) is 37.2 Å². The smallest absolute Gasteiger partial charge is 0.225 e. The minimum Gasteiger partial charge on any atom is -0.396 e. The fourth-order valence-electron chi connectivity index (χ4n) is 5.59. The Morgan fingerprint density at radius 1 is 1.19 bits per heavy atom. The van der Waals surface area contributed by atoms with E-state index in [-0.39, 0.29) is 25.0 Å². The average molecular weight is 495 g/mol. The lowest BCUT2D eigenvalue weighted by atomic mass is 9.95. The second-order valence-electron chi connectivity index (χ2n) is 10.3. The fourth-order valence-corrected chi connectivity index (χ4v) is 5.59. The molecule has 0 aromatic carbocycles. The molecule has 0 bridgehead atoms. The largest absolute Gasteiger partial charge is 0.396 e. The van der Waals surface area contributed by atoms with Crippen molar-refractivity contribution in [2.24, 2.45) is 5.92 Å². The zero-order valence-corrected chi connectivity index (χ0v) is 20.8. The van der Waals surface area contributed by atoms with Gasteiger partial charge in [0, 0.05) is 49.1 Å². The van der Waals surface area contributed by atoms with Gasteiger partial charge in [-0.1, -0.05) is 6.58 Å². The minimum absolute atomic E-state index is 0.0126. The Balaban J connectivity index is 1.42. The van der Waals surface area contributed by atoms with E-state index in [1.165, 1.54) is 0 Å². The van der Waals surface area contributed by atoms with Gasteiger partial charge >= 0.3 is 0 Å². The topological polar surface area (TPSA) is 106 Å².